The van der Waals surface area contributed by atoms with Crippen molar-refractivity contribution in [2.24, 2.45) is 5.73 Å². The molecule has 2 heterocycles. The molecule has 3 aromatic carbocycles. The Hall–Kier alpha value is -2.82. The lowest BCUT2D eigenvalue weighted by Crippen LogP contribution is -2.51. The Bertz CT molecular complexity index is 1770. The molecule has 0 radical (unpaired) electrons. The number of benzene rings is 3. The largest absolute Gasteiger partial charge is 0.369 e. The molecule has 44 heavy (non-hydrogen) atoms. The molecule has 2 amide bonds. The van der Waals surface area contributed by atoms with Gasteiger partial charge in [-0.15, -0.1) is 23.1 Å². The zero-order chi connectivity index (χ0) is 31.5. The Morgan fingerprint density at radius 3 is 2.25 bits per heavy atom. The summed E-state index contributed by atoms with van der Waals surface area (Å²) in [4.78, 5) is 30.8. The molecule has 11 heteroatoms. The molecule has 1 fully saturated rings. The van der Waals surface area contributed by atoms with E-state index in [0.29, 0.717) is 53.0 Å². The number of nitrogens with zero attached hydrogens (tertiary/aromatic N) is 1. The summed E-state index contributed by atoms with van der Waals surface area (Å²) in [7, 11) is -2.98. The third kappa shape index (κ3) is 7.35. The maximum Gasteiger partial charge on any atom is 0.263 e. The number of carbonyl (C=O) groups excluding carboxylic acids is 2. The molecule has 1 aliphatic rings. The monoisotopic (exact) mass is 686 g/mol. The molecule has 5 rings (SSSR count). The van der Waals surface area contributed by atoms with Crippen molar-refractivity contribution >= 4 is 68.0 Å². The molecular weight excluding hydrogens is 655 g/mol. The molecule has 2 N–H and O–H groups in total. The van der Waals surface area contributed by atoms with Crippen LogP contribution in [-0.4, -0.2) is 56.0 Å². The smallest absolute Gasteiger partial charge is 0.263 e. The van der Waals surface area contributed by atoms with Crippen molar-refractivity contribution in [2.75, 3.05) is 30.9 Å². The van der Waals surface area contributed by atoms with E-state index in [0.717, 1.165) is 32.0 Å². The van der Waals surface area contributed by atoms with E-state index in [1.165, 1.54) is 17.6 Å². The molecule has 6 nitrogen and oxygen atoms in total. The van der Waals surface area contributed by atoms with Crippen molar-refractivity contribution in [3.05, 3.63) is 99.3 Å². The summed E-state index contributed by atoms with van der Waals surface area (Å²) in [5, 5.41) is 1.01. The molecule has 0 saturated carbocycles. The average Bonchev–Trinajstić information content (AvgIpc) is 3.44. The van der Waals surface area contributed by atoms with Crippen LogP contribution in [0.5, 0.6) is 0 Å². The molecule has 1 aliphatic heterocycles. The third-order valence-corrected chi connectivity index (χ3v) is 11.7. The topological polar surface area (TPSA) is 97.5 Å². The van der Waals surface area contributed by atoms with E-state index < -0.39 is 15.3 Å². The first-order valence-corrected chi connectivity index (χ1v) is 18.7. The van der Waals surface area contributed by atoms with Crippen LogP contribution in [0, 0.1) is 0 Å². The van der Waals surface area contributed by atoms with Crippen LogP contribution in [0.1, 0.15) is 34.5 Å². The first-order chi connectivity index (χ1) is 21.0. The van der Waals surface area contributed by atoms with Crippen molar-refractivity contribution in [1.29, 1.82) is 0 Å². The van der Waals surface area contributed by atoms with Gasteiger partial charge in [0, 0.05) is 45.3 Å². The highest BCUT2D eigenvalue weighted by atomic mass is 35.5. The number of hydrogen-bond donors (Lipinski definition) is 1. The predicted octanol–water partition coefficient (Wildman–Crippen LogP) is 7.58. The minimum Gasteiger partial charge on any atom is -0.369 e. The van der Waals surface area contributed by atoms with E-state index in [-0.39, 0.29) is 17.6 Å². The van der Waals surface area contributed by atoms with Gasteiger partial charge in [-0.25, -0.2) is 8.42 Å². The van der Waals surface area contributed by atoms with Crippen LogP contribution in [0.15, 0.2) is 83.8 Å². The van der Waals surface area contributed by atoms with E-state index >= 15 is 0 Å². The van der Waals surface area contributed by atoms with Gasteiger partial charge in [0.15, 0.2) is 0 Å². The van der Waals surface area contributed by atoms with Crippen LogP contribution in [0.4, 0.5) is 0 Å². The third-order valence-electron chi connectivity index (χ3n) is 7.91. The van der Waals surface area contributed by atoms with Crippen molar-refractivity contribution in [2.45, 2.75) is 29.6 Å². The number of hydrogen-bond acceptors (Lipinski definition) is 6. The lowest BCUT2D eigenvalue weighted by atomic mass is 9.72. The number of amides is 2. The second-order valence-electron chi connectivity index (χ2n) is 10.9. The van der Waals surface area contributed by atoms with Gasteiger partial charge in [0.1, 0.15) is 9.84 Å². The second-order valence-corrected chi connectivity index (χ2v) is 16.3. The predicted molar refractivity (Wildman–Crippen MR) is 183 cm³/mol. The van der Waals surface area contributed by atoms with E-state index in [1.807, 2.05) is 66.7 Å². The SMILES string of the molecule is CS(=O)(=O)CCCSc1ccc(-c2cc(C(=O)N3CCC(C(N)=O)(c4ccccc4)CC3)sc2-c2ccc(Cl)cc2Cl)cc1. The molecule has 1 saturated heterocycles. The molecule has 0 spiro atoms. The molecule has 0 unspecified atom stereocenters. The van der Waals surface area contributed by atoms with Crippen LogP contribution >= 0.6 is 46.3 Å². The Labute approximate surface area is 276 Å². The summed E-state index contributed by atoms with van der Waals surface area (Å²) >= 11 is 15.8. The van der Waals surface area contributed by atoms with Gasteiger partial charge in [-0.05, 0) is 66.5 Å². The summed E-state index contributed by atoms with van der Waals surface area (Å²) in [6.45, 7) is 0.818. The number of thioether (sulfide) groups is 1. The van der Waals surface area contributed by atoms with Crippen LogP contribution in [0.2, 0.25) is 10.0 Å². The molecular formula is C33H32Cl2N2O4S3. The van der Waals surface area contributed by atoms with E-state index in [9.17, 15) is 18.0 Å². The van der Waals surface area contributed by atoms with Gasteiger partial charge < -0.3 is 10.6 Å². The molecule has 0 bridgehead atoms. The van der Waals surface area contributed by atoms with Gasteiger partial charge >= 0.3 is 0 Å². The van der Waals surface area contributed by atoms with Crippen molar-refractivity contribution in [3.8, 4) is 21.6 Å². The number of likely N-dealkylation sites (tertiary alicyclic amines) is 1. The van der Waals surface area contributed by atoms with Gasteiger partial charge in [-0.2, -0.15) is 0 Å². The zero-order valence-corrected chi connectivity index (χ0v) is 28.1. The summed E-state index contributed by atoms with van der Waals surface area (Å²) in [6.07, 6.45) is 2.75. The fourth-order valence-corrected chi connectivity index (χ4v) is 8.96. The molecule has 0 atom stereocenters. The standard InChI is InChI=1S/C33H32Cl2N2O4S3/c1-44(40,41)19-5-18-42-25-11-8-22(9-12-25)27-21-29(43-30(27)26-13-10-24(34)20-28(26)35)31(38)37-16-14-33(15-17-37,32(36)39)23-6-3-2-4-7-23/h2-4,6-13,20-21H,5,14-19H2,1H3,(H2,36,39). The van der Waals surface area contributed by atoms with Crippen LogP contribution < -0.4 is 5.73 Å². The highest BCUT2D eigenvalue weighted by Gasteiger charge is 2.42. The summed E-state index contributed by atoms with van der Waals surface area (Å²) < 4.78 is 22.9. The fraction of sp³-hybridized carbons (Fsp3) is 0.273. The minimum atomic E-state index is -2.98. The average molecular weight is 688 g/mol. The number of sulfone groups is 1. The molecule has 4 aromatic rings. The zero-order valence-electron chi connectivity index (χ0n) is 24.1. The highest BCUT2D eigenvalue weighted by Crippen LogP contribution is 2.44. The van der Waals surface area contributed by atoms with Crippen LogP contribution in [0.3, 0.4) is 0 Å². The molecule has 0 aliphatic carbocycles. The van der Waals surface area contributed by atoms with Crippen molar-refractivity contribution in [3.63, 3.8) is 0 Å². The summed E-state index contributed by atoms with van der Waals surface area (Å²) in [5.74, 6) is 0.399. The maximum atomic E-state index is 13.9. The van der Waals surface area contributed by atoms with E-state index in [4.69, 9.17) is 28.9 Å². The van der Waals surface area contributed by atoms with Gasteiger partial charge in [0.25, 0.3) is 5.91 Å². The Morgan fingerprint density at radius 1 is 0.955 bits per heavy atom. The lowest BCUT2D eigenvalue weighted by molar-refractivity contribution is -0.125. The summed E-state index contributed by atoms with van der Waals surface area (Å²) in [5.41, 5.74) is 8.59. The number of carbonyl (C=O) groups is 2. The normalized spacial score (nSPS) is 14.8. The van der Waals surface area contributed by atoms with Crippen molar-refractivity contribution in [1.82, 2.24) is 4.90 Å². The van der Waals surface area contributed by atoms with Gasteiger partial charge in [-0.3, -0.25) is 9.59 Å². The van der Waals surface area contributed by atoms with E-state index in [1.54, 1.807) is 28.8 Å². The quantitative estimate of drug-likeness (QED) is 0.137. The Balaban J connectivity index is 1.40. The lowest BCUT2D eigenvalue weighted by Gasteiger charge is -2.40. The number of thiophene rings is 1. The first kappa shape index (κ1) is 32.6. The minimum absolute atomic E-state index is 0.100. The van der Waals surface area contributed by atoms with Crippen LogP contribution in [-0.2, 0) is 20.0 Å². The Morgan fingerprint density at radius 2 is 1.64 bits per heavy atom. The van der Waals surface area contributed by atoms with Crippen LogP contribution in [0.25, 0.3) is 21.6 Å². The number of nitrogens with two attached hydrogens (primary N) is 1. The second kappa shape index (κ2) is 13.7. The Kier molecular flexibility index (Phi) is 10.1. The fourth-order valence-electron chi connectivity index (χ4n) is 5.51. The van der Waals surface area contributed by atoms with Gasteiger partial charge in [0.2, 0.25) is 5.91 Å². The molecule has 230 valence electrons. The van der Waals surface area contributed by atoms with Gasteiger partial charge in [-0.1, -0.05) is 71.7 Å². The first-order valence-electron chi connectivity index (χ1n) is 14.1. The maximum absolute atomic E-state index is 13.9. The number of rotatable bonds is 10. The number of primary amides is 1. The van der Waals surface area contributed by atoms with E-state index in [2.05, 4.69) is 0 Å². The number of piperidine rings is 1. The number of halogens is 2. The van der Waals surface area contributed by atoms with Gasteiger partial charge in [0.05, 0.1) is 21.1 Å². The van der Waals surface area contributed by atoms with Crippen molar-refractivity contribution < 1.29 is 18.0 Å². The molecule has 1 aromatic heterocycles. The highest BCUT2D eigenvalue weighted by molar-refractivity contribution is 7.99. The summed E-state index contributed by atoms with van der Waals surface area (Å²) in [6, 6.07) is 24.8.